The Morgan fingerprint density at radius 1 is 0.382 bits per heavy atom. The minimum absolute atomic E-state index is 0.715. The van der Waals surface area contributed by atoms with Crippen LogP contribution in [0.2, 0.25) is 0 Å². The Hall–Kier alpha value is -8.72. The second kappa shape index (κ2) is 16.0. The SMILES string of the molecule is Cc1ccccc1N(c1ccc2cc(-c3ccccc3)ccc2c1)c1cc2c(c3oc4ccccc4c13)-c1ccccc1C2(c1ccc(-c2ccccc2)cc1)c1ccc(-c2ccccc2)cc1. The molecule has 0 saturated heterocycles. The van der Waals surface area contributed by atoms with E-state index in [9.17, 15) is 0 Å². The summed E-state index contributed by atoms with van der Waals surface area (Å²) in [6.07, 6.45) is 0. The van der Waals surface area contributed by atoms with Gasteiger partial charge in [-0.3, -0.25) is 0 Å². The molecule has 0 atom stereocenters. The minimum atomic E-state index is -0.715. The van der Waals surface area contributed by atoms with Gasteiger partial charge in [-0.25, -0.2) is 0 Å². The molecule has 0 aliphatic heterocycles. The number of para-hydroxylation sites is 2. The smallest absolute Gasteiger partial charge is 0.145 e. The average molecular weight is 868 g/mol. The fourth-order valence-corrected chi connectivity index (χ4v) is 11.1. The lowest BCUT2D eigenvalue weighted by atomic mass is 9.67. The highest BCUT2D eigenvalue weighted by molar-refractivity contribution is 6.19. The van der Waals surface area contributed by atoms with Crippen LogP contribution in [0.15, 0.2) is 259 Å². The fourth-order valence-electron chi connectivity index (χ4n) is 11.1. The van der Waals surface area contributed by atoms with Crippen LogP contribution in [0.25, 0.3) is 77.2 Å². The van der Waals surface area contributed by atoms with Crippen molar-refractivity contribution in [3.05, 3.63) is 283 Å². The van der Waals surface area contributed by atoms with Crippen LogP contribution in [-0.2, 0) is 5.41 Å². The molecule has 11 aromatic carbocycles. The Bertz CT molecular complexity index is 3750. The number of rotatable bonds is 8. The summed E-state index contributed by atoms with van der Waals surface area (Å²) in [5.41, 5.74) is 19.8. The third-order valence-corrected chi connectivity index (χ3v) is 14.3. The second-order valence-corrected chi connectivity index (χ2v) is 18.0. The highest BCUT2D eigenvalue weighted by Gasteiger charge is 2.48. The van der Waals surface area contributed by atoms with Gasteiger partial charge in [0.25, 0.3) is 0 Å². The van der Waals surface area contributed by atoms with Gasteiger partial charge in [-0.15, -0.1) is 0 Å². The fraction of sp³-hybridized carbons (Fsp3) is 0.0303. The van der Waals surface area contributed by atoms with Crippen LogP contribution in [0, 0.1) is 6.92 Å². The lowest BCUT2D eigenvalue weighted by Gasteiger charge is -2.35. The van der Waals surface area contributed by atoms with E-state index in [2.05, 4.69) is 267 Å². The maximum atomic E-state index is 7.26. The molecule has 0 bridgehead atoms. The van der Waals surface area contributed by atoms with Crippen molar-refractivity contribution >= 4 is 49.8 Å². The maximum absolute atomic E-state index is 7.26. The van der Waals surface area contributed by atoms with Crippen LogP contribution < -0.4 is 4.90 Å². The quantitative estimate of drug-likeness (QED) is 0.151. The second-order valence-electron chi connectivity index (χ2n) is 18.0. The molecule has 320 valence electrons. The monoisotopic (exact) mass is 867 g/mol. The number of hydrogen-bond acceptors (Lipinski definition) is 2. The first-order valence-corrected chi connectivity index (χ1v) is 23.5. The van der Waals surface area contributed by atoms with Crippen molar-refractivity contribution in [2.75, 3.05) is 4.90 Å². The maximum Gasteiger partial charge on any atom is 0.145 e. The summed E-state index contributed by atoms with van der Waals surface area (Å²) in [5.74, 6) is 0. The summed E-state index contributed by atoms with van der Waals surface area (Å²) in [6, 6.07) is 93.2. The lowest BCUT2D eigenvalue weighted by molar-refractivity contribution is 0.669. The topological polar surface area (TPSA) is 16.4 Å². The molecule has 12 aromatic rings. The van der Waals surface area contributed by atoms with Gasteiger partial charge in [-0.05, 0) is 121 Å². The van der Waals surface area contributed by atoms with E-state index in [0.717, 1.165) is 44.6 Å². The number of anilines is 3. The summed E-state index contributed by atoms with van der Waals surface area (Å²) in [4.78, 5) is 2.48. The zero-order valence-electron chi connectivity index (χ0n) is 37.6. The normalized spacial score (nSPS) is 12.6. The van der Waals surface area contributed by atoms with Crippen LogP contribution >= 0.6 is 0 Å². The first kappa shape index (κ1) is 39.6. The summed E-state index contributed by atoms with van der Waals surface area (Å²) in [5, 5.41) is 4.54. The Morgan fingerprint density at radius 2 is 0.897 bits per heavy atom. The molecule has 1 aromatic heterocycles. The van der Waals surface area contributed by atoms with Crippen LogP contribution in [0.4, 0.5) is 17.1 Å². The molecule has 1 heterocycles. The summed E-state index contributed by atoms with van der Waals surface area (Å²) >= 11 is 0. The third kappa shape index (κ3) is 6.26. The standard InChI is InChI=1S/C66H45NO/c1-44-17-11-15-27-60(44)67(55-40-35-51-41-50(29-30-52(51)42-55)47-22-9-4-10-23-47)61-43-59-63(65-64(61)57-25-13-16-28-62(57)68-65)56-24-12-14-26-58(56)66(59,53-36-31-48(32-37-53)45-18-5-2-6-19-45)54-38-33-49(34-39-54)46-20-7-3-8-21-46/h2-43H,1H3. The van der Waals surface area contributed by atoms with Crippen molar-refractivity contribution in [2.45, 2.75) is 12.3 Å². The molecule has 2 nitrogen and oxygen atoms in total. The Labute approximate surface area is 396 Å². The minimum Gasteiger partial charge on any atom is -0.455 e. The van der Waals surface area contributed by atoms with E-state index in [4.69, 9.17) is 4.42 Å². The average Bonchev–Trinajstić information content (AvgIpc) is 3.94. The molecule has 0 spiro atoms. The van der Waals surface area contributed by atoms with Crippen molar-refractivity contribution in [2.24, 2.45) is 0 Å². The summed E-state index contributed by atoms with van der Waals surface area (Å²) < 4.78 is 7.26. The Morgan fingerprint density at radius 3 is 1.56 bits per heavy atom. The van der Waals surface area contributed by atoms with Gasteiger partial charge in [0.1, 0.15) is 11.2 Å². The van der Waals surface area contributed by atoms with Gasteiger partial charge >= 0.3 is 0 Å². The highest BCUT2D eigenvalue weighted by Crippen LogP contribution is 2.61. The number of aryl methyl sites for hydroxylation is 1. The zero-order valence-corrected chi connectivity index (χ0v) is 37.6. The molecule has 13 rings (SSSR count). The Kier molecular flexibility index (Phi) is 9.33. The number of nitrogens with zero attached hydrogens (tertiary/aromatic N) is 1. The number of benzene rings is 11. The van der Waals surface area contributed by atoms with Crippen LogP contribution in [0.3, 0.4) is 0 Å². The molecule has 1 aliphatic rings. The molecular formula is C66H45NO. The summed E-state index contributed by atoms with van der Waals surface area (Å²) in [7, 11) is 0. The predicted octanol–water partition coefficient (Wildman–Crippen LogP) is 17.9. The van der Waals surface area contributed by atoms with Gasteiger partial charge in [-0.2, -0.15) is 0 Å². The van der Waals surface area contributed by atoms with E-state index in [1.165, 1.54) is 77.5 Å². The van der Waals surface area contributed by atoms with Crippen molar-refractivity contribution in [1.82, 2.24) is 0 Å². The van der Waals surface area contributed by atoms with Gasteiger partial charge in [0.15, 0.2) is 0 Å². The Balaban J connectivity index is 1.12. The number of hydrogen-bond donors (Lipinski definition) is 0. The van der Waals surface area contributed by atoms with Crippen LogP contribution in [0.1, 0.15) is 27.8 Å². The first-order chi connectivity index (χ1) is 33.6. The van der Waals surface area contributed by atoms with Crippen molar-refractivity contribution in [1.29, 1.82) is 0 Å². The molecule has 0 radical (unpaired) electrons. The van der Waals surface area contributed by atoms with Crippen molar-refractivity contribution < 1.29 is 4.42 Å². The van der Waals surface area contributed by atoms with E-state index in [0.29, 0.717) is 0 Å². The first-order valence-electron chi connectivity index (χ1n) is 23.5. The largest absolute Gasteiger partial charge is 0.455 e. The van der Waals surface area contributed by atoms with Gasteiger partial charge < -0.3 is 9.32 Å². The van der Waals surface area contributed by atoms with E-state index >= 15 is 0 Å². The lowest BCUT2D eigenvalue weighted by Crippen LogP contribution is -2.29. The summed E-state index contributed by atoms with van der Waals surface area (Å²) in [6.45, 7) is 2.22. The molecule has 68 heavy (non-hydrogen) atoms. The molecule has 0 amide bonds. The van der Waals surface area contributed by atoms with Crippen LogP contribution in [-0.4, -0.2) is 0 Å². The molecule has 0 N–H and O–H groups in total. The zero-order chi connectivity index (χ0) is 45.2. The van der Waals surface area contributed by atoms with Crippen LogP contribution in [0.5, 0.6) is 0 Å². The molecule has 1 aliphatic carbocycles. The van der Waals surface area contributed by atoms with Crippen molar-refractivity contribution in [3.63, 3.8) is 0 Å². The predicted molar refractivity (Wildman–Crippen MR) is 284 cm³/mol. The van der Waals surface area contributed by atoms with Crippen molar-refractivity contribution in [3.8, 4) is 44.5 Å². The molecular weight excluding hydrogens is 823 g/mol. The molecule has 0 unspecified atom stereocenters. The third-order valence-electron chi connectivity index (χ3n) is 14.3. The number of furan rings is 1. The molecule has 2 heteroatoms. The van der Waals surface area contributed by atoms with E-state index in [1.54, 1.807) is 0 Å². The van der Waals surface area contributed by atoms with Gasteiger partial charge in [-0.1, -0.05) is 218 Å². The molecule has 0 fully saturated rings. The van der Waals surface area contributed by atoms with Gasteiger partial charge in [0, 0.05) is 22.3 Å². The van der Waals surface area contributed by atoms with E-state index < -0.39 is 5.41 Å². The number of fused-ring (bicyclic) bond motifs is 8. The van der Waals surface area contributed by atoms with E-state index in [1.807, 2.05) is 0 Å². The molecule has 0 saturated carbocycles. The van der Waals surface area contributed by atoms with E-state index in [-0.39, 0.29) is 0 Å². The van der Waals surface area contributed by atoms with Gasteiger partial charge in [0.05, 0.1) is 16.5 Å². The highest BCUT2D eigenvalue weighted by atomic mass is 16.3. The van der Waals surface area contributed by atoms with Gasteiger partial charge in [0.2, 0.25) is 0 Å².